The summed E-state index contributed by atoms with van der Waals surface area (Å²) in [5.74, 6) is 1.08. The van der Waals surface area contributed by atoms with E-state index in [2.05, 4.69) is 17.1 Å². The second kappa shape index (κ2) is 6.53. The normalized spacial score (nSPS) is 30.1. The van der Waals surface area contributed by atoms with Crippen LogP contribution in [0.25, 0.3) is 0 Å². The number of likely N-dealkylation sites (N-methyl/N-ethyl adjacent to an activating group) is 1. The van der Waals surface area contributed by atoms with E-state index in [1.54, 1.807) is 0 Å². The lowest BCUT2D eigenvalue weighted by Crippen LogP contribution is -2.50. The molecule has 2 unspecified atom stereocenters. The van der Waals surface area contributed by atoms with Gasteiger partial charge in [-0.25, -0.2) is 0 Å². The molecule has 2 fully saturated rings. The second-order valence-corrected chi connectivity index (χ2v) is 5.96. The molecule has 1 aliphatic carbocycles. The number of nitrogens with zero attached hydrogens (tertiary/aromatic N) is 2. The van der Waals surface area contributed by atoms with Crippen LogP contribution >= 0.6 is 0 Å². The first-order valence-electron chi connectivity index (χ1n) is 7.35. The van der Waals surface area contributed by atoms with Gasteiger partial charge in [-0.2, -0.15) is 0 Å². The van der Waals surface area contributed by atoms with Gasteiger partial charge in [0.05, 0.1) is 6.54 Å². The van der Waals surface area contributed by atoms with Crippen molar-refractivity contribution >= 4 is 5.91 Å². The van der Waals surface area contributed by atoms with Gasteiger partial charge in [-0.1, -0.05) is 19.8 Å². The van der Waals surface area contributed by atoms with Gasteiger partial charge >= 0.3 is 0 Å². The second-order valence-electron chi connectivity index (χ2n) is 5.96. The van der Waals surface area contributed by atoms with Gasteiger partial charge in [0.2, 0.25) is 5.91 Å². The molecule has 2 aliphatic rings. The predicted molar refractivity (Wildman–Crippen MR) is 73.5 cm³/mol. The summed E-state index contributed by atoms with van der Waals surface area (Å²) in [6, 6.07) is 0.476. The molecule has 0 aromatic rings. The van der Waals surface area contributed by atoms with Crippen molar-refractivity contribution in [3.05, 3.63) is 0 Å². The van der Waals surface area contributed by atoms with E-state index >= 15 is 0 Å². The van der Waals surface area contributed by atoms with E-state index in [1.807, 2.05) is 11.9 Å². The maximum Gasteiger partial charge on any atom is 0.236 e. The maximum absolute atomic E-state index is 12.3. The summed E-state index contributed by atoms with van der Waals surface area (Å²) in [5, 5.41) is 3.32. The van der Waals surface area contributed by atoms with Crippen molar-refractivity contribution in [2.75, 3.05) is 39.8 Å². The highest BCUT2D eigenvalue weighted by Crippen LogP contribution is 2.26. The third-order valence-corrected chi connectivity index (χ3v) is 4.42. The molecule has 0 aromatic heterocycles. The average Bonchev–Trinajstić information content (AvgIpc) is 2.39. The quantitative estimate of drug-likeness (QED) is 0.813. The van der Waals surface area contributed by atoms with Crippen molar-refractivity contribution in [3.8, 4) is 0 Å². The number of amides is 1. The van der Waals surface area contributed by atoms with Crippen LogP contribution in [0.1, 0.15) is 32.6 Å². The molecule has 1 heterocycles. The topological polar surface area (TPSA) is 35.6 Å². The fourth-order valence-electron chi connectivity index (χ4n) is 3.13. The van der Waals surface area contributed by atoms with Gasteiger partial charge in [0.15, 0.2) is 0 Å². The van der Waals surface area contributed by atoms with Crippen LogP contribution in [0.15, 0.2) is 0 Å². The van der Waals surface area contributed by atoms with Crippen molar-refractivity contribution in [3.63, 3.8) is 0 Å². The summed E-state index contributed by atoms with van der Waals surface area (Å²) in [6.07, 6.45) is 4.98. The summed E-state index contributed by atoms with van der Waals surface area (Å²) in [7, 11) is 1.99. The van der Waals surface area contributed by atoms with Gasteiger partial charge in [0.25, 0.3) is 0 Å². The summed E-state index contributed by atoms with van der Waals surface area (Å²) in [4.78, 5) is 16.6. The minimum Gasteiger partial charge on any atom is -0.342 e. The van der Waals surface area contributed by atoms with Crippen molar-refractivity contribution in [2.24, 2.45) is 5.92 Å². The molecule has 0 spiro atoms. The van der Waals surface area contributed by atoms with E-state index in [-0.39, 0.29) is 0 Å². The van der Waals surface area contributed by atoms with Crippen molar-refractivity contribution < 1.29 is 4.79 Å². The Morgan fingerprint density at radius 3 is 2.72 bits per heavy atom. The molecular weight excluding hydrogens is 226 g/mol. The molecular formula is C14H27N3O. The number of hydrogen-bond acceptors (Lipinski definition) is 3. The molecule has 18 heavy (non-hydrogen) atoms. The number of carbonyl (C=O) groups is 1. The summed E-state index contributed by atoms with van der Waals surface area (Å²) in [5.41, 5.74) is 0. The molecule has 104 valence electrons. The molecule has 4 heteroatoms. The van der Waals surface area contributed by atoms with Gasteiger partial charge in [0, 0.05) is 39.3 Å². The van der Waals surface area contributed by atoms with Crippen LogP contribution in [0.5, 0.6) is 0 Å². The molecule has 1 saturated carbocycles. The van der Waals surface area contributed by atoms with Crippen LogP contribution in [0.4, 0.5) is 0 Å². The van der Waals surface area contributed by atoms with Crippen molar-refractivity contribution in [1.82, 2.24) is 15.1 Å². The molecule has 1 saturated heterocycles. The Kier molecular flexibility index (Phi) is 5.01. The molecule has 1 aliphatic heterocycles. The number of rotatable bonds is 3. The predicted octanol–water partition coefficient (Wildman–Crippen LogP) is 0.929. The first kappa shape index (κ1) is 13.8. The molecule has 1 amide bonds. The van der Waals surface area contributed by atoms with Crippen LogP contribution in [0.2, 0.25) is 0 Å². The Morgan fingerprint density at radius 1 is 1.33 bits per heavy atom. The fraction of sp³-hybridized carbons (Fsp3) is 0.929. The van der Waals surface area contributed by atoms with Gasteiger partial charge in [0.1, 0.15) is 0 Å². The minimum atomic E-state index is 0.302. The van der Waals surface area contributed by atoms with E-state index in [1.165, 1.54) is 25.7 Å². The highest BCUT2D eigenvalue weighted by atomic mass is 16.2. The molecule has 0 aromatic carbocycles. The molecule has 2 rings (SSSR count). The Balaban J connectivity index is 1.79. The van der Waals surface area contributed by atoms with Gasteiger partial charge in [-0.15, -0.1) is 0 Å². The Hall–Kier alpha value is -0.610. The first-order valence-corrected chi connectivity index (χ1v) is 7.35. The average molecular weight is 253 g/mol. The number of carbonyl (C=O) groups excluding carboxylic acids is 1. The van der Waals surface area contributed by atoms with E-state index in [4.69, 9.17) is 0 Å². The van der Waals surface area contributed by atoms with E-state index in [0.717, 1.165) is 32.1 Å². The summed E-state index contributed by atoms with van der Waals surface area (Å²) in [6.45, 7) is 6.93. The van der Waals surface area contributed by atoms with Crippen LogP contribution in [-0.4, -0.2) is 61.5 Å². The number of nitrogens with one attached hydrogen (secondary N) is 1. The van der Waals surface area contributed by atoms with E-state index < -0.39 is 0 Å². The Bertz CT molecular complexity index is 276. The standard InChI is InChI=1S/C14H27N3O/c1-12-4-3-5-13(10-12)16(2)14(18)11-17-8-6-15-7-9-17/h12-13,15H,3-11H2,1-2H3. The fourth-order valence-corrected chi connectivity index (χ4v) is 3.13. The van der Waals surface area contributed by atoms with Gasteiger partial charge in [-0.05, 0) is 18.8 Å². The first-order chi connectivity index (χ1) is 8.66. The zero-order chi connectivity index (χ0) is 13.0. The van der Waals surface area contributed by atoms with Crippen molar-refractivity contribution in [1.29, 1.82) is 0 Å². The highest BCUT2D eigenvalue weighted by Gasteiger charge is 2.26. The zero-order valence-electron chi connectivity index (χ0n) is 11.8. The lowest BCUT2D eigenvalue weighted by atomic mass is 9.86. The third-order valence-electron chi connectivity index (χ3n) is 4.42. The van der Waals surface area contributed by atoms with E-state index in [0.29, 0.717) is 18.5 Å². The Labute approximate surface area is 111 Å². The maximum atomic E-state index is 12.3. The van der Waals surface area contributed by atoms with E-state index in [9.17, 15) is 4.79 Å². The van der Waals surface area contributed by atoms with Crippen molar-refractivity contribution in [2.45, 2.75) is 38.6 Å². The van der Waals surface area contributed by atoms with Gasteiger partial charge in [-0.3, -0.25) is 9.69 Å². The van der Waals surface area contributed by atoms with Crippen LogP contribution in [0.3, 0.4) is 0 Å². The van der Waals surface area contributed by atoms with Crippen LogP contribution < -0.4 is 5.32 Å². The van der Waals surface area contributed by atoms with Gasteiger partial charge < -0.3 is 10.2 Å². The number of hydrogen-bond donors (Lipinski definition) is 1. The lowest BCUT2D eigenvalue weighted by Gasteiger charge is -2.36. The third kappa shape index (κ3) is 3.69. The molecule has 2 atom stereocenters. The molecule has 0 bridgehead atoms. The largest absolute Gasteiger partial charge is 0.342 e. The highest BCUT2D eigenvalue weighted by molar-refractivity contribution is 5.78. The number of piperazine rings is 1. The molecule has 1 N–H and O–H groups in total. The van der Waals surface area contributed by atoms with Crippen LogP contribution in [0, 0.1) is 5.92 Å². The zero-order valence-corrected chi connectivity index (χ0v) is 11.8. The minimum absolute atomic E-state index is 0.302. The monoisotopic (exact) mass is 253 g/mol. The molecule has 0 radical (unpaired) electrons. The summed E-state index contributed by atoms with van der Waals surface area (Å²) >= 11 is 0. The molecule has 4 nitrogen and oxygen atoms in total. The Morgan fingerprint density at radius 2 is 2.06 bits per heavy atom. The lowest BCUT2D eigenvalue weighted by molar-refractivity contribution is -0.134. The summed E-state index contributed by atoms with van der Waals surface area (Å²) < 4.78 is 0. The smallest absolute Gasteiger partial charge is 0.236 e. The van der Waals surface area contributed by atoms with Crippen LogP contribution in [-0.2, 0) is 4.79 Å². The SMILES string of the molecule is CC1CCCC(N(C)C(=O)CN2CCNCC2)C1.